The van der Waals surface area contributed by atoms with Crippen molar-refractivity contribution in [2.75, 3.05) is 0 Å². The first-order valence-corrected chi connectivity index (χ1v) is 7.54. The van der Waals surface area contributed by atoms with Gasteiger partial charge >= 0.3 is 0 Å². The molecular formula is C15H14ClFN2S. The first-order valence-electron chi connectivity index (χ1n) is 6.01. The van der Waals surface area contributed by atoms with E-state index >= 15 is 0 Å². The van der Waals surface area contributed by atoms with Gasteiger partial charge in [-0.1, -0.05) is 29.8 Å². The van der Waals surface area contributed by atoms with Crippen LogP contribution in [0.15, 0.2) is 42.5 Å². The van der Waals surface area contributed by atoms with Crippen LogP contribution in [0.3, 0.4) is 0 Å². The van der Waals surface area contributed by atoms with Gasteiger partial charge in [-0.3, -0.25) is 5.41 Å². The maximum absolute atomic E-state index is 13.4. The van der Waals surface area contributed by atoms with Crippen molar-refractivity contribution in [2.45, 2.75) is 11.5 Å². The molecule has 0 atom stereocenters. The number of nitrogens with two attached hydrogens (primary N) is 1. The van der Waals surface area contributed by atoms with Gasteiger partial charge in [-0.2, -0.15) is 11.8 Å². The van der Waals surface area contributed by atoms with Crippen LogP contribution in [0.5, 0.6) is 0 Å². The van der Waals surface area contributed by atoms with E-state index in [0.717, 1.165) is 21.9 Å². The Labute approximate surface area is 126 Å². The maximum Gasteiger partial charge on any atom is 0.124 e. The Morgan fingerprint density at radius 1 is 1.20 bits per heavy atom. The summed E-state index contributed by atoms with van der Waals surface area (Å²) in [6.45, 7) is 0. The number of amidine groups is 1. The standard InChI is InChI=1S/C15H14ClFN2S/c16-14-4-2-1-3-11(14)9-20-8-10-5-12(15(18)19)7-13(17)6-10/h1-7H,8-9H2,(H3,18,19). The van der Waals surface area contributed by atoms with Crippen molar-refractivity contribution < 1.29 is 4.39 Å². The number of hydrogen-bond donors (Lipinski definition) is 2. The van der Waals surface area contributed by atoms with E-state index in [1.54, 1.807) is 17.8 Å². The lowest BCUT2D eigenvalue weighted by atomic mass is 10.1. The summed E-state index contributed by atoms with van der Waals surface area (Å²) in [6.07, 6.45) is 0. The molecule has 0 aliphatic rings. The molecule has 2 nitrogen and oxygen atoms in total. The van der Waals surface area contributed by atoms with Crippen molar-refractivity contribution in [3.63, 3.8) is 0 Å². The zero-order valence-electron chi connectivity index (χ0n) is 10.7. The zero-order valence-corrected chi connectivity index (χ0v) is 12.3. The second kappa shape index (κ2) is 6.77. The van der Waals surface area contributed by atoms with Crippen LogP contribution in [0, 0.1) is 11.2 Å². The van der Waals surface area contributed by atoms with Crippen LogP contribution in [0.4, 0.5) is 4.39 Å². The highest BCUT2D eigenvalue weighted by Gasteiger charge is 2.05. The van der Waals surface area contributed by atoms with Gasteiger partial charge in [-0.25, -0.2) is 4.39 Å². The summed E-state index contributed by atoms with van der Waals surface area (Å²) in [4.78, 5) is 0. The normalized spacial score (nSPS) is 10.5. The molecule has 5 heteroatoms. The molecule has 2 aromatic rings. The minimum atomic E-state index is -0.369. The average Bonchev–Trinajstić information content (AvgIpc) is 2.40. The topological polar surface area (TPSA) is 49.9 Å². The van der Waals surface area contributed by atoms with Crippen LogP contribution in [0.25, 0.3) is 0 Å². The lowest BCUT2D eigenvalue weighted by molar-refractivity contribution is 0.626. The Hall–Kier alpha value is -1.52. The fraction of sp³-hybridized carbons (Fsp3) is 0.133. The van der Waals surface area contributed by atoms with Crippen molar-refractivity contribution >= 4 is 29.2 Å². The number of benzene rings is 2. The molecular weight excluding hydrogens is 295 g/mol. The first-order chi connectivity index (χ1) is 9.56. The summed E-state index contributed by atoms with van der Waals surface area (Å²) >= 11 is 7.72. The summed E-state index contributed by atoms with van der Waals surface area (Å²) < 4.78 is 13.4. The smallest absolute Gasteiger partial charge is 0.124 e. The van der Waals surface area contributed by atoms with E-state index in [1.165, 1.54) is 12.1 Å². The van der Waals surface area contributed by atoms with Crippen molar-refractivity contribution in [3.05, 3.63) is 70.0 Å². The SMILES string of the molecule is N=C(N)c1cc(F)cc(CSCc2ccccc2Cl)c1. The Morgan fingerprint density at radius 3 is 2.65 bits per heavy atom. The summed E-state index contributed by atoms with van der Waals surface area (Å²) in [5.41, 5.74) is 7.67. The van der Waals surface area contributed by atoms with E-state index in [9.17, 15) is 4.39 Å². The molecule has 0 heterocycles. The van der Waals surface area contributed by atoms with E-state index in [0.29, 0.717) is 11.3 Å². The molecule has 0 aliphatic heterocycles. The minimum Gasteiger partial charge on any atom is -0.384 e. The van der Waals surface area contributed by atoms with Gasteiger partial charge in [-0.05, 0) is 35.4 Å². The highest BCUT2D eigenvalue weighted by Crippen LogP contribution is 2.24. The molecule has 0 amide bonds. The quantitative estimate of drug-likeness (QED) is 0.642. The van der Waals surface area contributed by atoms with Gasteiger partial charge in [0.1, 0.15) is 11.7 Å². The van der Waals surface area contributed by atoms with E-state index in [4.69, 9.17) is 22.7 Å². The molecule has 0 radical (unpaired) electrons. The summed E-state index contributed by atoms with van der Waals surface area (Å²) in [5, 5.41) is 8.09. The van der Waals surface area contributed by atoms with Gasteiger partial charge in [-0.15, -0.1) is 0 Å². The second-order valence-electron chi connectivity index (χ2n) is 4.35. The molecule has 2 rings (SSSR count). The van der Waals surface area contributed by atoms with Gasteiger partial charge in [0.2, 0.25) is 0 Å². The second-order valence-corrected chi connectivity index (χ2v) is 5.74. The van der Waals surface area contributed by atoms with Crippen LogP contribution in [0.2, 0.25) is 5.02 Å². The van der Waals surface area contributed by atoms with Crippen molar-refractivity contribution in [3.8, 4) is 0 Å². The third-order valence-electron chi connectivity index (χ3n) is 2.75. The first kappa shape index (κ1) is 14.9. The van der Waals surface area contributed by atoms with E-state index < -0.39 is 0 Å². The maximum atomic E-state index is 13.4. The number of hydrogen-bond acceptors (Lipinski definition) is 2. The molecule has 0 aliphatic carbocycles. The molecule has 0 unspecified atom stereocenters. The number of nitrogens with one attached hydrogen (secondary N) is 1. The van der Waals surface area contributed by atoms with Crippen LogP contribution in [0.1, 0.15) is 16.7 Å². The molecule has 2 aromatic carbocycles. The molecule has 0 saturated carbocycles. The van der Waals surface area contributed by atoms with E-state index in [1.807, 2.05) is 24.3 Å². The number of thioether (sulfide) groups is 1. The van der Waals surface area contributed by atoms with Crippen LogP contribution < -0.4 is 5.73 Å². The fourth-order valence-electron chi connectivity index (χ4n) is 1.78. The zero-order chi connectivity index (χ0) is 14.5. The Bertz CT molecular complexity index is 631. The lowest BCUT2D eigenvalue weighted by Crippen LogP contribution is -2.11. The molecule has 0 saturated heterocycles. The lowest BCUT2D eigenvalue weighted by Gasteiger charge is -2.06. The third kappa shape index (κ3) is 3.99. The summed E-state index contributed by atoms with van der Waals surface area (Å²) in [5.74, 6) is 0.905. The monoisotopic (exact) mass is 308 g/mol. The molecule has 0 spiro atoms. The fourth-order valence-corrected chi connectivity index (χ4v) is 3.04. The van der Waals surface area contributed by atoms with Crippen LogP contribution in [-0.2, 0) is 11.5 Å². The molecule has 104 valence electrons. The molecule has 0 fully saturated rings. The van der Waals surface area contributed by atoms with Gasteiger partial charge in [0.15, 0.2) is 0 Å². The Kier molecular flexibility index (Phi) is 5.04. The molecule has 3 N–H and O–H groups in total. The van der Waals surface area contributed by atoms with Crippen molar-refractivity contribution in [2.24, 2.45) is 5.73 Å². The van der Waals surface area contributed by atoms with Crippen molar-refractivity contribution in [1.29, 1.82) is 5.41 Å². The summed E-state index contributed by atoms with van der Waals surface area (Å²) in [7, 11) is 0. The highest BCUT2D eigenvalue weighted by atomic mass is 35.5. The number of halogens is 2. The molecule has 0 bridgehead atoms. The number of nitrogen functional groups attached to an aromatic ring is 1. The van der Waals surface area contributed by atoms with Crippen LogP contribution >= 0.6 is 23.4 Å². The Morgan fingerprint density at radius 2 is 1.95 bits per heavy atom. The highest BCUT2D eigenvalue weighted by molar-refractivity contribution is 7.97. The number of rotatable bonds is 5. The summed E-state index contributed by atoms with van der Waals surface area (Å²) in [6, 6.07) is 12.1. The minimum absolute atomic E-state index is 0.123. The molecule has 0 aromatic heterocycles. The van der Waals surface area contributed by atoms with Gasteiger partial charge in [0.25, 0.3) is 0 Å². The third-order valence-corrected chi connectivity index (χ3v) is 4.17. The van der Waals surface area contributed by atoms with Crippen molar-refractivity contribution in [1.82, 2.24) is 0 Å². The van der Waals surface area contributed by atoms with Gasteiger partial charge < -0.3 is 5.73 Å². The van der Waals surface area contributed by atoms with Gasteiger partial charge in [0, 0.05) is 22.1 Å². The molecule has 20 heavy (non-hydrogen) atoms. The average molecular weight is 309 g/mol. The predicted octanol–water partition coefficient (Wildman–Crippen LogP) is 4.20. The van der Waals surface area contributed by atoms with Gasteiger partial charge in [0.05, 0.1) is 0 Å². The van der Waals surface area contributed by atoms with E-state index in [-0.39, 0.29) is 11.7 Å². The predicted molar refractivity (Wildman–Crippen MR) is 83.9 cm³/mol. The Balaban J connectivity index is 2.01. The van der Waals surface area contributed by atoms with Crippen LogP contribution in [-0.4, -0.2) is 5.84 Å². The largest absolute Gasteiger partial charge is 0.384 e. The van der Waals surface area contributed by atoms with E-state index in [2.05, 4.69) is 0 Å².